The minimum absolute atomic E-state index is 0.0114. The van der Waals surface area contributed by atoms with E-state index in [9.17, 15) is 13.2 Å². The molecule has 0 unspecified atom stereocenters. The first-order chi connectivity index (χ1) is 6.48. The van der Waals surface area contributed by atoms with Crippen molar-refractivity contribution < 1.29 is 18.3 Å². The Kier molecular flexibility index (Phi) is 2.38. The Labute approximate surface area is 85.8 Å². The van der Waals surface area contributed by atoms with Gasteiger partial charge in [-0.2, -0.15) is 0 Å². The van der Waals surface area contributed by atoms with Crippen LogP contribution in [0.5, 0.6) is 0 Å². The molecule has 2 fully saturated rings. The van der Waals surface area contributed by atoms with E-state index >= 15 is 0 Å². The van der Waals surface area contributed by atoms with Crippen LogP contribution in [-0.2, 0) is 8.87 Å². The number of hydrogen-bond acceptors (Lipinski definition) is 4. The lowest BCUT2D eigenvalue weighted by molar-refractivity contribution is 0.153. The molecule has 0 aliphatic carbocycles. The largest absolute Gasteiger partial charge is 0.465 e. The van der Waals surface area contributed by atoms with Crippen molar-refractivity contribution in [1.29, 1.82) is 0 Å². The van der Waals surface area contributed by atoms with Gasteiger partial charge in [0.2, 0.25) is 8.87 Å². The zero-order chi connectivity index (χ0) is 10.3. The molecule has 1 amide bonds. The third-order valence-electron chi connectivity index (χ3n) is 2.73. The maximum absolute atomic E-state index is 11.3. The van der Waals surface area contributed by atoms with Crippen LogP contribution in [-0.4, -0.2) is 49.1 Å². The fourth-order valence-electron chi connectivity index (χ4n) is 1.97. The highest BCUT2D eigenvalue weighted by molar-refractivity contribution is 8.72. The minimum Gasteiger partial charge on any atom is -0.465 e. The number of carboxylic acid groups (broad SMARTS) is 1. The summed E-state index contributed by atoms with van der Waals surface area (Å²) in [6.45, 7) is 0.863. The molecule has 80 valence electrons. The molecular weight excluding hydrogens is 226 g/mol. The van der Waals surface area contributed by atoms with Crippen LogP contribution in [0.4, 0.5) is 4.79 Å². The second-order valence-electron chi connectivity index (χ2n) is 3.72. The van der Waals surface area contributed by atoms with Gasteiger partial charge in [-0.05, 0) is 22.6 Å². The molecule has 0 bridgehead atoms. The molecule has 2 rings (SSSR count). The second kappa shape index (κ2) is 3.30. The van der Waals surface area contributed by atoms with Crippen molar-refractivity contribution in [2.75, 3.05) is 24.6 Å². The average Bonchev–Trinajstić information content (AvgIpc) is 2.45. The zero-order valence-electron chi connectivity index (χ0n) is 7.42. The molecule has 2 heterocycles. The molecule has 1 N–H and O–H groups in total. The standard InChI is InChI=1S/C7H11NO4S2/c9-7(10)8-1-5-3-13-14(11,12)4-6(5)2-8/h5-6H,1-4H2,(H,9,10)/t5-,6-/m1/s1. The lowest BCUT2D eigenvalue weighted by Crippen LogP contribution is -2.28. The highest BCUT2D eigenvalue weighted by atomic mass is 33.1. The predicted octanol–water partition coefficient (Wildman–Crippen LogP) is 0.289. The number of rotatable bonds is 0. The van der Waals surface area contributed by atoms with Gasteiger partial charge >= 0.3 is 6.09 Å². The molecule has 5 nitrogen and oxygen atoms in total. The molecule has 0 spiro atoms. The summed E-state index contributed by atoms with van der Waals surface area (Å²) in [7, 11) is -2.03. The van der Waals surface area contributed by atoms with E-state index in [2.05, 4.69) is 0 Å². The van der Waals surface area contributed by atoms with Gasteiger partial charge in [0.1, 0.15) is 0 Å². The van der Waals surface area contributed by atoms with Gasteiger partial charge in [-0.3, -0.25) is 0 Å². The van der Waals surface area contributed by atoms with Crippen molar-refractivity contribution in [1.82, 2.24) is 4.90 Å². The molecule has 0 aromatic heterocycles. The summed E-state index contributed by atoms with van der Waals surface area (Å²) in [6.07, 6.45) is -0.943. The lowest BCUT2D eigenvalue weighted by atomic mass is 10.0. The van der Waals surface area contributed by atoms with Crippen LogP contribution >= 0.6 is 10.8 Å². The van der Waals surface area contributed by atoms with Crippen molar-refractivity contribution >= 4 is 25.8 Å². The summed E-state index contributed by atoms with van der Waals surface area (Å²) in [6, 6.07) is 0. The van der Waals surface area contributed by atoms with Crippen LogP contribution in [0.15, 0.2) is 0 Å². The molecule has 2 aliphatic heterocycles. The van der Waals surface area contributed by atoms with Crippen molar-refractivity contribution in [3.8, 4) is 0 Å². The van der Waals surface area contributed by atoms with Crippen molar-refractivity contribution in [2.24, 2.45) is 11.8 Å². The Balaban J connectivity index is 2.09. The van der Waals surface area contributed by atoms with Crippen LogP contribution < -0.4 is 0 Å². The molecule has 0 saturated carbocycles. The fraction of sp³-hybridized carbons (Fsp3) is 0.857. The zero-order valence-corrected chi connectivity index (χ0v) is 9.05. The van der Waals surface area contributed by atoms with Gasteiger partial charge in [-0.25, -0.2) is 13.2 Å². The number of hydrogen-bond donors (Lipinski definition) is 1. The van der Waals surface area contributed by atoms with E-state index in [0.717, 1.165) is 10.8 Å². The summed E-state index contributed by atoms with van der Waals surface area (Å²) in [5.74, 6) is 0.903. The summed E-state index contributed by atoms with van der Waals surface area (Å²) < 4.78 is 22.5. The number of likely N-dealkylation sites (tertiary alicyclic amines) is 1. The first kappa shape index (κ1) is 10.1. The van der Waals surface area contributed by atoms with Crippen LogP contribution in [0.3, 0.4) is 0 Å². The molecule has 0 radical (unpaired) electrons. The molecule has 2 atom stereocenters. The molecule has 7 heteroatoms. The monoisotopic (exact) mass is 237 g/mol. The Morgan fingerprint density at radius 1 is 1.36 bits per heavy atom. The quantitative estimate of drug-likeness (QED) is 0.613. The maximum Gasteiger partial charge on any atom is 0.407 e. The highest BCUT2D eigenvalue weighted by Crippen LogP contribution is 2.36. The van der Waals surface area contributed by atoms with Crippen LogP contribution in [0.2, 0.25) is 0 Å². The molecular formula is C7H11NO4S2. The third-order valence-corrected chi connectivity index (χ3v) is 6.38. The Hall–Kier alpha value is -0.430. The van der Waals surface area contributed by atoms with E-state index in [1.54, 1.807) is 0 Å². The third kappa shape index (κ3) is 1.83. The average molecular weight is 237 g/mol. The number of amides is 1. The Bertz CT molecular complexity index is 353. The van der Waals surface area contributed by atoms with Crippen molar-refractivity contribution in [3.05, 3.63) is 0 Å². The fourth-order valence-corrected chi connectivity index (χ4v) is 5.69. The van der Waals surface area contributed by atoms with Crippen molar-refractivity contribution in [3.63, 3.8) is 0 Å². The van der Waals surface area contributed by atoms with E-state index in [-0.39, 0.29) is 17.6 Å². The summed E-state index contributed by atoms with van der Waals surface area (Å²) in [5, 5.41) is 8.76. The van der Waals surface area contributed by atoms with E-state index < -0.39 is 15.0 Å². The first-order valence-electron chi connectivity index (χ1n) is 4.33. The van der Waals surface area contributed by atoms with Crippen LogP contribution in [0, 0.1) is 11.8 Å². The molecule has 0 aromatic carbocycles. The summed E-state index contributed by atoms with van der Waals surface area (Å²) >= 11 is 0. The van der Waals surface area contributed by atoms with Gasteiger partial charge in [0.15, 0.2) is 0 Å². The molecule has 2 saturated heterocycles. The Morgan fingerprint density at radius 2 is 2.00 bits per heavy atom. The molecule has 0 aromatic rings. The van der Waals surface area contributed by atoms with Gasteiger partial charge in [0.25, 0.3) is 0 Å². The maximum atomic E-state index is 11.3. The summed E-state index contributed by atoms with van der Waals surface area (Å²) in [5.41, 5.74) is 0. The van der Waals surface area contributed by atoms with Gasteiger partial charge in [-0.15, -0.1) is 0 Å². The van der Waals surface area contributed by atoms with Crippen molar-refractivity contribution in [2.45, 2.75) is 0 Å². The van der Waals surface area contributed by atoms with Crippen LogP contribution in [0.1, 0.15) is 0 Å². The first-order valence-corrected chi connectivity index (χ1v) is 7.48. The predicted molar refractivity (Wildman–Crippen MR) is 52.8 cm³/mol. The molecule has 2 aliphatic rings. The topological polar surface area (TPSA) is 74.7 Å². The van der Waals surface area contributed by atoms with Crippen LogP contribution in [0.25, 0.3) is 0 Å². The summed E-state index contributed by atoms with van der Waals surface area (Å²) in [4.78, 5) is 12.0. The van der Waals surface area contributed by atoms with Gasteiger partial charge in [-0.1, -0.05) is 0 Å². The van der Waals surface area contributed by atoms with E-state index in [4.69, 9.17) is 5.11 Å². The smallest absolute Gasteiger partial charge is 0.407 e. The molecule has 14 heavy (non-hydrogen) atoms. The normalized spacial score (nSPS) is 35.3. The Morgan fingerprint density at radius 3 is 2.64 bits per heavy atom. The van der Waals surface area contributed by atoms with E-state index in [1.165, 1.54) is 4.90 Å². The SMILES string of the molecule is O=C(O)N1C[C@@H]2CS(=O)(=O)SC[C@H]2C1. The van der Waals surface area contributed by atoms with Gasteiger partial charge in [0, 0.05) is 18.8 Å². The number of carbonyl (C=O) groups is 1. The van der Waals surface area contributed by atoms with E-state index in [1.807, 2.05) is 0 Å². The lowest BCUT2D eigenvalue weighted by Gasteiger charge is -2.22. The minimum atomic E-state index is -2.99. The van der Waals surface area contributed by atoms with E-state index in [0.29, 0.717) is 18.8 Å². The number of fused-ring (bicyclic) bond motifs is 1. The number of nitrogens with zero attached hydrogens (tertiary/aromatic N) is 1. The second-order valence-corrected chi connectivity index (χ2v) is 7.97. The highest BCUT2D eigenvalue weighted by Gasteiger charge is 2.41. The van der Waals surface area contributed by atoms with Gasteiger partial charge in [0.05, 0.1) is 5.75 Å². The van der Waals surface area contributed by atoms with Gasteiger partial charge < -0.3 is 10.0 Å².